The van der Waals surface area contributed by atoms with Crippen molar-refractivity contribution >= 4 is 23.4 Å². The number of nitrogens with zero attached hydrogens (tertiary/aromatic N) is 3. The molecule has 0 saturated carbocycles. The molecule has 0 fully saturated rings. The van der Waals surface area contributed by atoms with Crippen molar-refractivity contribution in [3.05, 3.63) is 59.7 Å². The molecular formula is C18H17F2N5OS. The molecule has 6 nitrogen and oxygen atoms in total. The summed E-state index contributed by atoms with van der Waals surface area (Å²) in [4.78, 5) is 12.3. The van der Waals surface area contributed by atoms with Crippen molar-refractivity contribution in [3.63, 3.8) is 0 Å². The first-order valence-corrected chi connectivity index (χ1v) is 8.94. The lowest BCUT2D eigenvalue weighted by atomic mass is 10.1. The molecule has 1 heterocycles. The molecule has 2 aromatic carbocycles. The maximum Gasteiger partial charge on any atom is 0.237 e. The third-order valence-electron chi connectivity index (χ3n) is 3.84. The minimum atomic E-state index is -0.843. The zero-order valence-corrected chi connectivity index (χ0v) is 15.4. The minimum absolute atomic E-state index is 0.308. The summed E-state index contributed by atoms with van der Waals surface area (Å²) >= 11 is 1.04. The van der Waals surface area contributed by atoms with Crippen molar-refractivity contribution in [1.82, 2.24) is 14.9 Å². The van der Waals surface area contributed by atoms with Crippen LogP contribution >= 0.6 is 11.8 Å². The van der Waals surface area contributed by atoms with Crippen molar-refractivity contribution in [1.29, 1.82) is 0 Å². The molecule has 9 heteroatoms. The largest absolute Gasteiger partial charge is 0.335 e. The lowest BCUT2D eigenvalue weighted by molar-refractivity contribution is -0.115. The predicted octanol–water partition coefficient (Wildman–Crippen LogP) is 3.36. The first-order chi connectivity index (χ1) is 12.9. The number of carbonyl (C=O) groups excluding carboxylic acids is 1. The van der Waals surface area contributed by atoms with Crippen LogP contribution in [0.3, 0.4) is 0 Å². The Hall–Kier alpha value is -2.94. The van der Waals surface area contributed by atoms with Gasteiger partial charge in [-0.2, -0.15) is 0 Å². The summed E-state index contributed by atoms with van der Waals surface area (Å²) < 4.78 is 28.6. The van der Waals surface area contributed by atoms with E-state index >= 15 is 0 Å². The summed E-state index contributed by atoms with van der Waals surface area (Å²) in [6.07, 6.45) is 0. The summed E-state index contributed by atoms with van der Waals surface area (Å²) in [5.74, 6) is 4.22. The van der Waals surface area contributed by atoms with E-state index in [4.69, 9.17) is 5.84 Å². The number of benzene rings is 2. The van der Waals surface area contributed by atoms with Gasteiger partial charge in [-0.15, -0.1) is 10.2 Å². The Bertz CT molecular complexity index is 954. The van der Waals surface area contributed by atoms with Gasteiger partial charge in [-0.1, -0.05) is 47.7 Å². The van der Waals surface area contributed by atoms with E-state index in [0.717, 1.165) is 35.0 Å². The van der Waals surface area contributed by atoms with Crippen LogP contribution in [0.1, 0.15) is 12.5 Å². The Morgan fingerprint density at radius 3 is 2.41 bits per heavy atom. The van der Waals surface area contributed by atoms with Crippen molar-refractivity contribution in [2.75, 3.05) is 11.2 Å². The standard InChI is InChI=1S/C18H17F2N5OS/c1-10-6-8-12(9-7-10)16-23-24-18(25(16)21)27-11(2)17(26)22-15-13(19)4-3-5-14(15)20/h3-9,11H,21H2,1-2H3,(H,22,26). The first kappa shape index (κ1) is 18.8. The van der Waals surface area contributed by atoms with Gasteiger partial charge in [-0.3, -0.25) is 4.79 Å². The molecule has 3 aromatic rings. The average Bonchev–Trinajstić information content (AvgIpc) is 2.99. The van der Waals surface area contributed by atoms with E-state index in [-0.39, 0.29) is 0 Å². The van der Waals surface area contributed by atoms with E-state index in [2.05, 4.69) is 15.5 Å². The molecule has 0 bridgehead atoms. The van der Waals surface area contributed by atoms with Gasteiger partial charge in [0.25, 0.3) is 0 Å². The number of hydrogen-bond donors (Lipinski definition) is 2. The van der Waals surface area contributed by atoms with Gasteiger partial charge in [0.05, 0.1) is 5.25 Å². The molecular weight excluding hydrogens is 372 g/mol. The number of nitrogens with two attached hydrogens (primary N) is 1. The molecule has 0 aliphatic carbocycles. The maximum absolute atomic E-state index is 13.7. The molecule has 3 N–H and O–H groups in total. The molecule has 140 valence electrons. The minimum Gasteiger partial charge on any atom is -0.335 e. The fourth-order valence-electron chi connectivity index (χ4n) is 2.31. The number of aromatic nitrogens is 3. The number of nitrogen functional groups attached to an aromatic ring is 1. The van der Waals surface area contributed by atoms with Crippen LogP contribution in [0.4, 0.5) is 14.5 Å². The second-order valence-electron chi connectivity index (χ2n) is 5.89. The van der Waals surface area contributed by atoms with Gasteiger partial charge in [-0.25, -0.2) is 13.5 Å². The molecule has 1 atom stereocenters. The van der Waals surface area contributed by atoms with Crippen molar-refractivity contribution in [2.24, 2.45) is 0 Å². The Balaban J connectivity index is 1.73. The quantitative estimate of drug-likeness (QED) is 0.516. The van der Waals surface area contributed by atoms with Crippen LogP contribution in [0.5, 0.6) is 0 Å². The number of halogens is 2. The molecule has 3 rings (SSSR count). The molecule has 0 aliphatic heterocycles. The van der Waals surface area contributed by atoms with Crippen molar-refractivity contribution in [2.45, 2.75) is 24.3 Å². The van der Waals surface area contributed by atoms with E-state index < -0.39 is 28.5 Å². The summed E-state index contributed by atoms with van der Waals surface area (Å²) in [5.41, 5.74) is 1.40. The van der Waals surface area contributed by atoms with Gasteiger partial charge in [-0.05, 0) is 26.0 Å². The molecule has 1 amide bonds. The second kappa shape index (κ2) is 7.75. The monoisotopic (exact) mass is 389 g/mol. The number of para-hydroxylation sites is 1. The fraction of sp³-hybridized carbons (Fsp3) is 0.167. The molecule has 0 spiro atoms. The number of anilines is 1. The third kappa shape index (κ3) is 4.08. The normalized spacial score (nSPS) is 12.0. The van der Waals surface area contributed by atoms with Crippen LogP contribution in [0.15, 0.2) is 47.6 Å². The SMILES string of the molecule is Cc1ccc(-c2nnc(SC(C)C(=O)Nc3c(F)cccc3F)n2N)cc1. The molecule has 0 aliphatic rings. The van der Waals surface area contributed by atoms with E-state index in [0.29, 0.717) is 11.0 Å². The number of aryl methyl sites for hydroxylation is 1. The number of thioether (sulfide) groups is 1. The topological polar surface area (TPSA) is 85.8 Å². The number of nitrogens with one attached hydrogen (secondary N) is 1. The average molecular weight is 389 g/mol. The van der Waals surface area contributed by atoms with Gasteiger partial charge in [0.1, 0.15) is 17.3 Å². The zero-order valence-electron chi connectivity index (χ0n) is 14.6. The van der Waals surface area contributed by atoms with E-state index in [1.807, 2.05) is 31.2 Å². The van der Waals surface area contributed by atoms with Gasteiger partial charge in [0, 0.05) is 5.56 Å². The number of rotatable bonds is 5. The lowest BCUT2D eigenvalue weighted by Gasteiger charge is -2.12. The van der Waals surface area contributed by atoms with E-state index in [1.54, 1.807) is 6.92 Å². The Morgan fingerprint density at radius 1 is 1.15 bits per heavy atom. The highest BCUT2D eigenvalue weighted by molar-refractivity contribution is 8.00. The van der Waals surface area contributed by atoms with E-state index in [9.17, 15) is 13.6 Å². The lowest BCUT2D eigenvalue weighted by Crippen LogP contribution is -2.24. The highest BCUT2D eigenvalue weighted by Crippen LogP contribution is 2.26. The smallest absolute Gasteiger partial charge is 0.237 e. The van der Waals surface area contributed by atoms with Gasteiger partial charge in [0.15, 0.2) is 5.82 Å². The van der Waals surface area contributed by atoms with Crippen molar-refractivity contribution < 1.29 is 13.6 Å². The number of amides is 1. The fourth-order valence-corrected chi connectivity index (χ4v) is 3.08. The Morgan fingerprint density at radius 2 is 1.78 bits per heavy atom. The highest BCUT2D eigenvalue weighted by atomic mass is 32.2. The number of hydrogen-bond acceptors (Lipinski definition) is 5. The summed E-state index contributed by atoms with van der Waals surface area (Å²) in [6.45, 7) is 3.55. The second-order valence-corrected chi connectivity index (χ2v) is 7.20. The van der Waals surface area contributed by atoms with Gasteiger partial charge >= 0.3 is 0 Å². The third-order valence-corrected chi connectivity index (χ3v) is 4.89. The Labute approximate surface area is 158 Å². The van der Waals surface area contributed by atoms with Crippen LogP contribution in [-0.4, -0.2) is 26.0 Å². The van der Waals surface area contributed by atoms with Gasteiger partial charge in [0.2, 0.25) is 11.1 Å². The molecule has 27 heavy (non-hydrogen) atoms. The van der Waals surface area contributed by atoms with Crippen LogP contribution in [0.2, 0.25) is 0 Å². The molecule has 0 radical (unpaired) electrons. The zero-order chi connectivity index (χ0) is 19.6. The van der Waals surface area contributed by atoms with E-state index in [1.165, 1.54) is 10.7 Å². The maximum atomic E-state index is 13.7. The summed E-state index contributed by atoms with van der Waals surface area (Å²) in [7, 11) is 0. The van der Waals surface area contributed by atoms with Crippen LogP contribution in [-0.2, 0) is 4.79 Å². The Kier molecular flexibility index (Phi) is 5.41. The molecule has 1 unspecified atom stereocenters. The molecule has 1 aromatic heterocycles. The van der Waals surface area contributed by atoms with Crippen LogP contribution in [0, 0.1) is 18.6 Å². The van der Waals surface area contributed by atoms with Crippen LogP contribution < -0.4 is 11.2 Å². The predicted molar refractivity (Wildman–Crippen MR) is 101 cm³/mol. The highest BCUT2D eigenvalue weighted by Gasteiger charge is 2.22. The van der Waals surface area contributed by atoms with Crippen molar-refractivity contribution in [3.8, 4) is 11.4 Å². The summed E-state index contributed by atoms with van der Waals surface area (Å²) in [5, 5.41) is 9.91. The van der Waals surface area contributed by atoms with Gasteiger partial charge < -0.3 is 11.2 Å². The first-order valence-electron chi connectivity index (χ1n) is 8.06. The molecule has 0 saturated heterocycles. The van der Waals surface area contributed by atoms with Crippen LogP contribution in [0.25, 0.3) is 11.4 Å². The summed E-state index contributed by atoms with van der Waals surface area (Å²) in [6, 6.07) is 11.0. The number of carbonyl (C=O) groups is 1.